The molecule has 420 valence electrons. The summed E-state index contributed by atoms with van der Waals surface area (Å²) in [5.41, 5.74) is 21.2. The van der Waals surface area contributed by atoms with Gasteiger partial charge in [0.25, 0.3) is 0 Å². The van der Waals surface area contributed by atoms with Crippen LogP contribution < -0.4 is 35.0 Å². The number of anilines is 6. The maximum Gasteiger partial charge on any atom is 0.162 e. The Balaban J connectivity index is 0.937. The van der Waals surface area contributed by atoms with E-state index in [2.05, 4.69) is 304 Å². The van der Waals surface area contributed by atoms with Crippen molar-refractivity contribution < 1.29 is 4.74 Å². The number of aromatic nitrogens is 2. The second-order valence-electron chi connectivity index (χ2n) is 28.2. The number of rotatable bonds is 7. The van der Waals surface area contributed by atoms with Gasteiger partial charge >= 0.3 is 0 Å². The summed E-state index contributed by atoms with van der Waals surface area (Å²) in [5, 5.41) is 5.72. The van der Waals surface area contributed by atoms with Gasteiger partial charge < -0.3 is 19.4 Å². The first-order valence-corrected chi connectivity index (χ1v) is 32.3. The zero-order chi connectivity index (χ0) is 58.4. The molecule has 10 aromatic rings. The summed E-state index contributed by atoms with van der Waals surface area (Å²) in [5.74, 6) is 2.55. The molecule has 0 radical (unpaired) electrons. The second-order valence-corrected chi connectivity index (χ2v) is 32.1. The molecule has 1 spiro atoms. The first kappa shape index (κ1) is 53.6. The van der Waals surface area contributed by atoms with Crippen LogP contribution in [0.5, 0.6) is 11.5 Å². The van der Waals surface area contributed by atoms with Crippen molar-refractivity contribution in [3.05, 3.63) is 228 Å². The molecule has 6 nitrogen and oxygen atoms in total. The van der Waals surface area contributed by atoms with E-state index in [0.717, 1.165) is 46.3 Å². The quantitative estimate of drug-likeness (QED) is 0.149. The van der Waals surface area contributed by atoms with Crippen LogP contribution in [0.2, 0.25) is 0 Å². The molecule has 84 heavy (non-hydrogen) atoms. The molecule has 0 amide bonds. The van der Waals surface area contributed by atoms with E-state index in [1.54, 1.807) is 0 Å². The summed E-state index contributed by atoms with van der Waals surface area (Å²) in [6.45, 7) is 28.5. The fourth-order valence-electron chi connectivity index (χ4n) is 14.3. The highest BCUT2D eigenvalue weighted by molar-refractivity contribution is 7.16. The lowest BCUT2D eigenvalue weighted by molar-refractivity contribution is 0.483. The average molecular weight is 1120 g/mol. The first-order valence-electron chi connectivity index (χ1n) is 30.2. The number of fused-ring (bicyclic) bond motifs is 7. The Morgan fingerprint density at radius 1 is 0.488 bits per heavy atom. The zero-order valence-electron chi connectivity index (χ0n) is 51.2. The highest BCUT2D eigenvalue weighted by atomic mass is 28.3. The van der Waals surface area contributed by atoms with Crippen LogP contribution in [-0.2, 0) is 21.7 Å². The largest absolute Gasteiger partial charge is 0.457 e. The Morgan fingerprint density at radius 3 is 1.69 bits per heavy atom. The monoisotopic (exact) mass is 1120 g/mol. The second kappa shape index (κ2) is 19.1. The van der Waals surface area contributed by atoms with Crippen molar-refractivity contribution in [1.29, 1.82) is 0 Å². The molecule has 1 aliphatic carbocycles. The van der Waals surface area contributed by atoms with Gasteiger partial charge in [-0.25, -0.2) is 4.98 Å². The van der Waals surface area contributed by atoms with E-state index in [4.69, 9.17) is 9.72 Å². The number of allylic oxidation sites excluding steroid dienone is 1. The maximum absolute atomic E-state index is 7.44. The summed E-state index contributed by atoms with van der Waals surface area (Å²) in [6.07, 6.45) is 7.78. The van der Waals surface area contributed by atoms with Crippen LogP contribution in [0, 0.1) is 0 Å². The first-order chi connectivity index (χ1) is 40.1. The molecule has 4 aliphatic rings. The fraction of sp³-hybridized carbons (Fsp3) is 0.260. The lowest BCUT2D eigenvalue weighted by Crippen LogP contribution is -2.72. The molecule has 1 unspecified atom stereocenters. The van der Waals surface area contributed by atoms with E-state index >= 15 is 0 Å². The SMILES string of the molecule is CN1c2ccccc2[Si]2(c3ccccc31)c1cc(Oc3cccc(N4CN(c5c(-c6ccccc6)cc(C(C)(C)C)cc5-c5cc(C(C)(C)C)cc(C(C)(C)C)c5)c5ccccc54)c3)cc3c1c1c(n3-c3cc(C(C)(C)C)ccn3)C=CCC12. The lowest BCUT2D eigenvalue weighted by Gasteiger charge is -2.45. The van der Waals surface area contributed by atoms with Crippen molar-refractivity contribution in [2.75, 3.05) is 28.4 Å². The molecule has 8 aromatic carbocycles. The summed E-state index contributed by atoms with van der Waals surface area (Å²) >= 11 is 0. The van der Waals surface area contributed by atoms with E-state index in [0.29, 0.717) is 6.67 Å². The van der Waals surface area contributed by atoms with Gasteiger partial charge in [0.15, 0.2) is 8.07 Å². The van der Waals surface area contributed by atoms with Gasteiger partial charge in [-0.05, 0) is 161 Å². The minimum absolute atomic E-state index is 0.0520. The number of benzene rings is 8. The summed E-state index contributed by atoms with van der Waals surface area (Å²) < 4.78 is 9.88. The fourth-order valence-corrected chi connectivity index (χ4v) is 20.5. The van der Waals surface area contributed by atoms with Crippen molar-refractivity contribution in [3.63, 3.8) is 0 Å². The molecule has 2 aromatic heterocycles. The Bertz CT molecular complexity index is 4250. The number of nitrogens with zero attached hydrogens (tertiary/aromatic N) is 5. The Kier molecular flexibility index (Phi) is 12.2. The van der Waals surface area contributed by atoms with Gasteiger partial charge in [0.1, 0.15) is 24.0 Å². The topological polar surface area (TPSA) is 36.8 Å². The van der Waals surface area contributed by atoms with Crippen LogP contribution in [0.25, 0.3) is 45.1 Å². The average Bonchev–Trinajstić information content (AvgIpc) is 1.48. The molecule has 3 aliphatic heterocycles. The molecule has 0 bridgehead atoms. The van der Waals surface area contributed by atoms with Gasteiger partial charge in [-0.1, -0.05) is 192 Å². The van der Waals surface area contributed by atoms with Crippen LogP contribution in [0.3, 0.4) is 0 Å². The number of hydrogen-bond acceptors (Lipinski definition) is 5. The summed E-state index contributed by atoms with van der Waals surface area (Å²) in [7, 11) is -0.565. The van der Waals surface area contributed by atoms with Gasteiger partial charge in [0.2, 0.25) is 0 Å². The maximum atomic E-state index is 7.44. The molecular formula is C77H77N5OSi. The van der Waals surface area contributed by atoms with Gasteiger partial charge in [-0.15, -0.1) is 0 Å². The predicted octanol–water partition coefficient (Wildman–Crippen LogP) is 18.2. The molecule has 7 heteroatoms. The molecule has 0 fully saturated rings. The van der Waals surface area contributed by atoms with Gasteiger partial charge in [-0.2, -0.15) is 0 Å². The van der Waals surface area contributed by atoms with Crippen molar-refractivity contribution in [3.8, 4) is 39.6 Å². The third-order valence-corrected chi connectivity index (χ3v) is 24.1. The number of pyridine rings is 1. The zero-order valence-corrected chi connectivity index (χ0v) is 52.2. The Labute approximate surface area is 498 Å². The van der Waals surface area contributed by atoms with Crippen LogP contribution >= 0.6 is 0 Å². The van der Waals surface area contributed by atoms with Crippen LogP contribution in [0.1, 0.15) is 129 Å². The van der Waals surface area contributed by atoms with Crippen LogP contribution in [0.4, 0.5) is 34.1 Å². The Hall–Kier alpha value is -8.39. The third kappa shape index (κ3) is 8.43. The van der Waals surface area contributed by atoms with Gasteiger partial charge in [0.05, 0.1) is 28.3 Å². The molecule has 5 heterocycles. The van der Waals surface area contributed by atoms with Crippen molar-refractivity contribution in [1.82, 2.24) is 9.55 Å². The highest BCUT2D eigenvalue weighted by Gasteiger charge is 2.58. The van der Waals surface area contributed by atoms with Crippen molar-refractivity contribution in [2.24, 2.45) is 0 Å². The molecule has 14 rings (SSSR count). The van der Waals surface area contributed by atoms with Gasteiger partial charge in [0, 0.05) is 59.0 Å². The normalized spacial score (nSPS) is 15.9. The number of hydrogen-bond donors (Lipinski definition) is 0. The smallest absolute Gasteiger partial charge is 0.162 e. The minimum Gasteiger partial charge on any atom is -0.457 e. The van der Waals surface area contributed by atoms with Crippen molar-refractivity contribution in [2.45, 2.75) is 117 Å². The van der Waals surface area contributed by atoms with E-state index < -0.39 is 8.07 Å². The molecule has 1 atom stereocenters. The van der Waals surface area contributed by atoms with E-state index in [1.807, 2.05) is 6.20 Å². The molecule has 0 saturated heterocycles. The summed E-state index contributed by atoms with van der Waals surface area (Å²) in [4.78, 5) is 12.6. The standard InChI is InChI=1S/C77H77N5OSi/c1-74(2,3)51-37-38-78-70(44-51)82-64-33-24-36-68-71(64)72-65(82)46-57(47-69(72)84(68)66-34-21-19-31-62(66)79(13)63-32-20-22-35-67(63)84)83-56-28-23-27-55(45-56)80-48-81(61-30-18-17-29-60(61)80)73-58(49-25-15-14-16-26-49)42-54(77(10,11)12)43-59(73)50-39-52(75(4,5)6)41-53(40-50)76(7,8)9/h14-35,37-47,68H,36,48H2,1-13H3. The summed E-state index contributed by atoms with van der Waals surface area (Å²) in [6, 6.07) is 68.8. The lowest BCUT2D eigenvalue weighted by atomic mass is 9.77. The Morgan fingerprint density at radius 2 is 1.06 bits per heavy atom. The number of para-hydroxylation sites is 4. The number of ether oxygens (including phenoxy) is 1. The van der Waals surface area contributed by atoms with E-state index in [-0.39, 0.29) is 27.2 Å². The van der Waals surface area contributed by atoms with E-state index in [1.165, 1.54) is 93.8 Å². The van der Waals surface area contributed by atoms with Crippen LogP contribution in [-0.4, -0.2) is 31.3 Å². The third-order valence-electron chi connectivity index (χ3n) is 18.7. The van der Waals surface area contributed by atoms with Crippen LogP contribution in [0.15, 0.2) is 194 Å². The molecule has 0 N–H and O–H groups in total. The molecular weight excluding hydrogens is 1040 g/mol. The highest BCUT2D eigenvalue weighted by Crippen LogP contribution is 2.55. The predicted molar refractivity (Wildman–Crippen MR) is 357 cm³/mol. The molecule has 0 saturated carbocycles. The van der Waals surface area contributed by atoms with Gasteiger partial charge in [-0.3, -0.25) is 4.57 Å². The van der Waals surface area contributed by atoms with E-state index in [9.17, 15) is 0 Å². The van der Waals surface area contributed by atoms with Crippen molar-refractivity contribution >= 4 is 74.7 Å². The minimum atomic E-state index is -2.81.